The van der Waals surface area contributed by atoms with Gasteiger partial charge in [0.1, 0.15) is 0 Å². The van der Waals surface area contributed by atoms with Crippen LogP contribution >= 0.6 is 11.3 Å². The van der Waals surface area contributed by atoms with Gasteiger partial charge in [-0.15, -0.1) is 11.3 Å². The van der Waals surface area contributed by atoms with Crippen molar-refractivity contribution in [3.8, 4) is 0 Å². The Morgan fingerprint density at radius 2 is 1.94 bits per heavy atom. The maximum Gasteiger partial charge on any atom is 0.0794 e. The quantitative estimate of drug-likeness (QED) is 0.841. The average Bonchev–Trinajstić information content (AvgIpc) is 2.84. The lowest BCUT2D eigenvalue weighted by Crippen LogP contribution is -2.29. The van der Waals surface area contributed by atoms with Crippen molar-refractivity contribution >= 4 is 17.0 Å². The fourth-order valence-electron chi connectivity index (χ4n) is 1.80. The summed E-state index contributed by atoms with van der Waals surface area (Å²) in [6, 6.07) is 8.61. The molecule has 4 heteroatoms. The Labute approximate surface area is 112 Å². The molecule has 0 radical (unpaired) electrons. The molecule has 0 aliphatic carbocycles. The van der Waals surface area contributed by atoms with E-state index in [4.69, 9.17) is 5.73 Å². The number of benzene rings is 1. The van der Waals surface area contributed by atoms with Crippen molar-refractivity contribution in [1.82, 2.24) is 9.88 Å². The van der Waals surface area contributed by atoms with Gasteiger partial charge in [0, 0.05) is 35.9 Å². The molecule has 0 aliphatic heterocycles. The maximum absolute atomic E-state index is 5.71. The molecule has 0 spiro atoms. The minimum Gasteiger partial charge on any atom is -0.399 e. The van der Waals surface area contributed by atoms with Gasteiger partial charge in [-0.05, 0) is 31.5 Å². The summed E-state index contributed by atoms with van der Waals surface area (Å²) in [4.78, 5) is 7.86. The minimum atomic E-state index is 0.504. The third-order valence-corrected chi connectivity index (χ3v) is 3.70. The molecule has 0 atom stereocenters. The van der Waals surface area contributed by atoms with Crippen molar-refractivity contribution in [3.63, 3.8) is 0 Å². The van der Waals surface area contributed by atoms with E-state index in [9.17, 15) is 0 Å². The van der Waals surface area contributed by atoms with Crippen LogP contribution in [0.4, 0.5) is 5.69 Å². The number of anilines is 1. The highest BCUT2D eigenvalue weighted by Crippen LogP contribution is 2.16. The summed E-state index contributed by atoms with van der Waals surface area (Å²) < 4.78 is 0. The molecule has 0 saturated heterocycles. The lowest BCUT2D eigenvalue weighted by atomic mass is 10.1. The number of nitrogens with zero attached hydrogens (tertiary/aromatic N) is 2. The molecule has 0 saturated carbocycles. The van der Waals surface area contributed by atoms with Gasteiger partial charge in [-0.2, -0.15) is 0 Å². The summed E-state index contributed by atoms with van der Waals surface area (Å²) >= 11 is 1.71. The van der Waals surface area contributed by atoms with E-state index < -0.39 is 0 Å². The minimum absolute atomic E-state index is 0.504. The second kappa shape index (κ2) is 5.98. The van der Waals surface area contributed by atoms with E-state index in [1.54, 1.807) is 11.3 Å². The number of rotatable bonds is 5. The van der Waals surface area contributed by atoms with Gasteiger partial charge < -0.3 is 5.73 Å². The molecule has 1 heterocycles. The number of aromatic nitrogens is 1. The fraction of sp³-hybridized carbons (Fsp3) is 0.357. The molecule has 2 aromatic rings. The summed E-state index contributed by atoms with van der Waals surface area (Å²) in [6.45, 7) is 6.33. The van der Waals surface area contributed by atoms with Crippen LogP contribution in [0.5, 0.6) is 0 Å². The maximum atomic E-state index is 5.71. The van der Waals surface area contributed by atoms with E-state index >= 15 is 0 Å². The van der Waals surface area contributed by atoms with Gasteiger partial charge in [0.05, 0.1) is 5.51 Å². The normalized spacial score (nSPS) is 11.3. The Balaban J connectivity index is 2.04. The molecule has 0 bridgehead atoms. The first-order valence-electron chi connectivity index (χ1n) is 6.11. The van der Waals surface area contributed by atoms with Crippen molar-refractivity contribution in [2.75, 3.05) is 5.73 Å². The lowest BCUT2D eigenvalue weighted by molar-refractivity contribution is 0.205. The van der Waals surface area contributed by atoms with Crippen molar-refractivity contribution in [3.05, 3.63) is 46.4 Å². The van der Waals surface area contributed by atoms with Crippen LogP contribution in [0.25, 0.3) is 0 Å². The molecule has 1 aromatic carbocycles. The van der Waals surface area contributed by atoms with Gasteiger partial charge in [-0.1, -0.05) is 12.1 Å². The molecule has 0 amide bonds. The van der Waals surface area contributed by atoms with E-state index in [0.29, 0.717) is 6.04 Å². The summed E-state index contributed by atoms with van der Waals surface area (Å²) in [5, 5.41) is 0. The van der Waals surface area contributed by atoms with Crippen molar-refractivity contribution in [1.29, 1.82) is 0 Å². The summed E-state index contributed by atoms with van der Waals surface area (Å²) in [5.41, 5.74) is 9.70. The van der Waals surface area contributed by atoms with Crippen molar-refractivity contribution in [2.45, 2.75) is 33.0 Å². The van der Waals surface area contributed by atoms with Gasteiger partial charge in [-0.25, -0.2) is 0 Å². The second-order valence-corrected chi connectivity index (χ2v) is 5.68. The highest BCUT2D eigenvalue weighted by atomic mass is 32.1. The van der Waals surface area contributed by atoms with Crippen LogP contribution in [-0.4, -0.2) is 15.9 Å². The monoisotopic (exact) mass is 261 g/mol. The first-order chi connectivity index (χ1) is 8.65. The Morgan fingerprint density at radius 3 is 2.50 bits per heavy atom. The standard InChI is InChI=1S/C14H19N3S/c1-11(2)17(9-14-7-16-10-18-14)8-12-3-5-13(15)6-4-12/h3-7,10-11H,8-9,15H2,1-2H3. The predicted molar refractivity (Wildman–Crippen MR) is 77.4 cm³/mol. The highest BCUT2D eigenvalue weighted by molar-refractivity contribution is 7.09. The molecule has 0 aliphatic rings. The van der Waals surface area contributed by atoms with Crippen LogP contribution in [0, 0.1) is 0 Å². The number of hydrogen-bond acceptors (Lipinski definition) is 4. The Morgan fingerprint density at radius 1 is 1.22 bits per heavy atom. The number of nitrogens with two attached hydrogens (primary N) is 1. The van der Waals surface area contributed by atoms with Crippen LogP contribution in [0.3, 0.4) is 0 Å². The first kappa shape index (κ1) is 13.1. The van der Waals surface area contributed by atoms with Gasteiger partial charge >= 0.3 is 0 Å². The summed E-state index contributed by atoms with van der Waals surface area (Å²) in [6.07, 6.45) is 1.95. The molecule has 2 rings (SSSR count). The zero-order valence-corrected chi connectivity index (χ0v) is 11.7. The average molecular weight is 261 g/mol. The predicted octanol–water partition coefficient (Wildman–Crippen LogP) is 3.14. The second-order valence-electron chi connectivity index (χ2n) is 4.71. The molecule has 1 aromatic heterocycles. The molecular formula is C14H19N3S. The zero-order valence-electron chi connectivity index (χ0n) is 10.8. The molecule has 0 unspecified atom stereocenters. The molecule has 0 fully saturated rings. The van der Waals surface area contributed by atoms with Crippen LogP contribution in [-0.2, 0) is 13.1 Å². The molecule has 18 heavy (non-hydrogen) atoms. The van der Waals surface area contributed by atoms with Gasteiger partial charge in [0.15, 0.2) is 0 Å². The topological polar surface area (TPSA) is 42.1 Å². The zero-order chi connectivity index (χ0) is 13.0. The molecule has 3 nitrogen and oxygen atoms in total. The lowest BCUT2D eigenvalue weighted by Gasteiger charge is -2.25. The van der Waals surface area contributed by atoms with Crippen LogP contribution in [0.15, 0.2) is 36.0 Å². The van der Waals surface area contributed by atoms with Gasteiger partial charge in [0.25, 0.3) is 0 Å². The number of hydrogen-bond donors (Lipinski definition) is 1. The number of nitrogen functional groups attached to an aromatic ring is 1. The smallest absolute Gasteiger partial charge is 0.0794 e. The number of thiazole rings is 1. The van der Waals surface area contributed by atoms with Crippen LogP contribution in [0.1, 0.15) is 24.3 Å². The van der Waals surface area contributed by atoms with Crippen LogP contribution in [0.2, 0.25) is 0 Å². The third kappa shape index (κ3) is 3.55. The molecule has 2 N–H and O–H groups in total. The SMILES string of the molecule is CC(C)N(Cc1ccc(N)cc1)Cc1cncs1. The summed E-state index contributed by atoms with van der Waals surface area (Å²) in [5.74, 6) is 0. The Hall–Kier alpha value is -1.39. The Bertz CT molecular complexity index is 462. The Kier molecular flexibility index (Phi) is 4.33. The summed E-state index contributed by atoms with van der Waals surface area (Å²) in [7, 11) is 0. The highest BCUT2D eigenvalue weighted by Gasteiger charge is 2.11. The van der Waals surface area contributed by atoms with Crippen LogP contribution < -0.4 is 5.73 Å². The van der Waals surface area contributed by atoms with E-state index in [2.05, 4.69) is 35.9 Å². The van der Waals surface area contributed by atoms with Gasteiger partial charge in [-0.3, -0.25) is 9.88 Å². The van der Waals surface area contributed by atoms with E-state index in [-0.39, 0.29) is 0 Å². The molecule has 96 valence electrons. The van der Waals surface area contributed by atoms with E-state index in [0.717, 1.165) is 18.8 Å². The molecular weight excluding hydrogens is 242 g/mol. The largest absolute Gasteiger partial charge is 0.399 e. The van der Waals surface area contributed by atoms with E-state index in [1.807, 2.05) is 23.8 Å². The fourth-order valence-corrected chi connectivity index (χ4v) is 2.42. The van der Waals surface area contributed by atoms with E-state index in [1.165, 1.54) is 10.4 Å². The van der Waals surface area contributed by atoms with Gasteiger partial charge in [0.2, 0.25) is 0 Å². The first-order valence-corrected chi connectivity index (χ1v) is 6.99. The van der Waals surface area contributed by atoms with Crippen molar-refractivity contribution in [2.24, 2.45) is 0 Å². The third-order valence-electron chi connectivity index (χ3n) is 2.94. The van der Waals surface area contributed by atoms with Crippen molar-refractivity contribution < 1.29 is 0 Å².